The van der Waals surface area contributed by atoms with E-state index in [0.717, 1.165) is 0 Å². The molecule has 1 rings (SSSR count). The highest BCUT2D eigenvalue weighted by atomic mass is 15.3. The molecule has 0 atom stereocenters. The molecule has 14 heavy (non-hydrogen) atoms. The zero-order valence-corrected chi connectivity index (χ0v) is 9.03. The Balaban J connectivity index is 0.000000292. The van der Waals surface area contributed by atoms with Crippen LogP contribution in [0.25, 0.3) is 5.41 Å². The van der Waals surface area contributed by atoms with E-state index in [4.69, 9.17) is 10.7 Å². The third-order valence-electron chi connectivity index (χ3n) is 2.51. The summed E-state index contributed by atoms with van der Waals surface area (Å²) in [6.45, 7) is 6.52. The minimum atomic E-state index is 1.28. The molecular formula is C10H18N4. The predicted molar refractivity (Wildman–Crippen MR) is 56.7 cm³/mol. The van der Waals surface area contributed by atoms with Gasteiger partial charge in [-0.15, -0.1) is 6.01 Å². The normalized spacial score (nSPS) is 17.2. The summed E-state index contributed by atoms with van der Waals surface area (Å²) < 4.78 is 1.34. The van der Waals surface area contributed by atoms with Crippen LogP contribution in [0.5, 0.6) is 0 Å². The van der Waals surface area contributed by atoms with Gasteiger partial charge in [0.05, 0.1) is 32.9 Å². The number of hydrogen-bond acceptors (Lipinski definition) is 2. The molecular weight excluding hydrogens is 176 g/mol. The van der Waals surface area contributed by atoms with Crippen LogP contribution >= 0.6 is 0 Å². The highest BCUT2D eigenvalue weighted by molar-refractivity contribution is 5.46. The quantitative estimate of drug-likeness (QED) is 0.376. The lowest BCUT2D eigenvalue weighted by atomic mass is 10.4. The maximum Gasteiger partial charge on any atom is 0.0925 e. The number of nitriles is 1. The first-order valence-electron chi connectivity index (χ1n) is 5.00. The molecule has 1 saturated heterocycles. The average Bonchev–Trinajstić information content (AvgIpc) is 2.55. The molecule has 0 spiro atoms. The topological polar surface area (TPSA) is 58.5 Å². The molecule has 0 unspecified atom stereocenters. The summed E-state index contributed by atoms with van der Waals surface area (Å²) in [5.74, 6) is 0. The van der Waals surface area contributed by atoms with E-state index in [1.807, 2.05) is 0 Å². The Bertz CT molecular complexity index is 229. The minimum absolute atomic E-state index is 1.28. The van der Waals surface area contributed by atoms with Crippen molar-refractivity contribution in [1.82, 2.24) is 0 Å². The lowest BCUT2D eigenvalue weighted by molar-refractivity contribution is -0.897. The zero-order chi connectivity index (χ0) is 10.9. The second kappa shape index (κ2) is 7.25. The third kappa shape index (κ3) is 5.47. The van der Waals surface area contributed by atoms with Gasteiger partial charge in [-0.2, -0.15) is 5.26 Å². The van der Waals surface area contributed by atoms with Gasteiger partial charge in [0, 0.05) is 12.8 Å². The summed E-state index contributed by atoms with van der Waals surface area (Å²) >= 11 is 0. The van der Waals surface area contributed by atoms with Crippen molar-refractivity contribution >= 4 is 6.01 Å². The molecule has 4 heteroatoms. The third-order valence-corrected chi connectivity index (χ3v) is 2.51. The SMILES string of the molecule is CCC[N+]1(C)CCCC1.N#CN=C=[N-]. The number of rotatable bonds is 2. The second-order valence-corrected chi connectivity index (χ2v) is 3.81. The molecule has 0 saturated carbocycles. The van der Waals surface area contributed by atoms with Gasteiger partial charge in [0.1, 0.15) is 0 Å². The van der Waals surface area contributed by atoms with Crippen LogP contribution in [0.2, 0.25) is 0 Å². The predicted octanol–water partition coefficient (Wildman–Crippen LogP) is 1.85. The first-order chi connectivity index (χ1) is 6.68. The second-order valence-electron chi connectivity index (χ2n) is 3.81. The van der Waals surface area contributed by atoms with E-state index in [1.54, 1.807) is 0 Å². The smallest absolute Gasteiger partial charge is 0.0925 e. The van der Waals surface area contributed by atoms with Gasteiger partial charge < -0.3 is 14.9 Å². The lowest BCUT2D eigenvalue weighted by Gasteiger charge is -2.28. The van der Waals surface area contributed by atoms with E-state index in [-0.39, 0.29) is 0 Å². The molecule has 1 fully saturated rings. The van der Waals surface area contributed by atoms with Crippen LogP contribution < -0.4 is 0 Å². The number of aliphatic imine (C=N–C) groups is 1. The first-order valence-corrected chi connectivity index (χ1v) is 5.00. The van der Waals surface area contributed by atoms with Gasteiger partial charge >= 0.3 is 0 Å². The Labute approximate surface area is 86.0 Å². The molecule has 0 aromatic heterocycles. The Morgan fingerprint density at radius 3 is 2.29 bits per heavy atom. The fraction of sp³-hybridized carbons (Fsp3) is 0.800. The molecule has 0 aromatic carbocycles. The Morgan fingerprint density at radius 1 is 1.43 bits per heavy atom. The van der Waals surface area contributed by atoms with Gasteiger partial charge in [-0.25, -0.2) is 0 Å². The van der Waals surface area contributed by atoms with Gasteiger partial charge in [-0.3, -0.25) is 0 Å². The van der Waals surface area contributed by atoms with Crippen molar-refractivity contribution in [1.29, 1.82) is 5.26 Å². The molecule has 1 heterocycles. The van der Waals surface area contributed by atoms with Crippen molar-refractivity contribution in [2.45, 2.75) is 26.2 Å². The summed E-state index contributed by atoms with van der Waals surface area (Å²) in [6, 6.07) is 1.28. The Hall–Kier alpha value is -1.17. The number of hydrogen-bond donors (Lipinski definition) is 0. The van der Waals surface area contributed by atoms with Gasteiger partial charge in [-0.05, 0) is 6.42 Å². The van der Waals surface area contributed by atoms with Crippen LogP contribution in [0.1, 0.15) is 26.2 Å². The highest BCUT2D eigenvalue weighted by Gasteiger charge is 2.24. The maximum atomic E-state index is 7.43. The van der Waals surface area contributed by atoms with E-state index in [2.05, 4.69) is 19.0 Å². The van der Waals surface area contributed by atoms with Gasteiger partial charge in [0.2, 0.25) is 0 Å². The van der Waals surface area contributed by atoms with Crippen molar-refractivity contribution in [3.63, 3.8) is 0 Å². The van der Waals surface area contributed by atoms with Gasteiger partial charge in [-0.1, -0.05) is 6.92 Å². The highest BCUT2D eigenvalue weighted by Crippen LogP contribution is 2.15. The molecule has 1 aliphatic rings. The average molecular weight is 194 g/mol. The van der Waals surface area contributed by atoms with E-state index < -0.39 is 0 Å². The van der Waals surface area contributed by atoms with Crippen LogP contribution in [0.15, 0.2) is 4.99 Å². The van der Waals surface area contributed by atoms with Crippen molar-refractivity contribution in [3.05, 3.63) is 5.41 Å². The minimum Gasteiger partial charge on any atom is -0.422 e. The van der Waals surface area contributed by atoms with Crippen LogP contribution in [-0.2, 0) is 0 Å². The molecule has 4 nitrogen and oxygen atoms in total. The number of nitrogens with zero attached hydrogens (tertiary/aromatic N) is 4. The Kier molecular flexibility index (Phi) is 6.65. The standard InChI is InChI=1S/C8H18N.C2N3/c1-3-6-9(2)7-4-5-8-9;3-1-5-2-4/h3-8H2,1-2H3;/q+1;-1. The maximum absolute atomic E-state index is 7.43. The Morgan fingerprint density at radius 2 is 2.00 bits per heavy atom. The van der Waals surface area contributed by atoms with Crippen molar-refractivity contribution in [2.24, 2.45) is 4.99 Å². The van der Waals surface area contributed by atoms with E-state index >= 15 is 0 Å². The zero-order valence-electron chi connectivity index (χ0n) is 9.03. The molecule has 0 N–H and O–H groups in total. The molecule has 78 valence electrons. The molecule has 0 bridgehead atoms. The summed E-state index contributed by atoms with van der Waals surface area (Å²) in [5, 5.41) is 14.9. The van der Waals surface area contributed by atoms with Crippen molar-refractivity contribution < 1.29 is 4.48 Å². The molecule has 0 aromatic rings. The van der Waals surface area contributed by atoms with Gasteiger partial charge in [0.15, 0.2) is 0 Å². The molecule has 0 aliphatic carbocycles. The molecule has 0 amide bonds. The van der Waals surface area contributed by atoms with Crippen molar-refractivity contribution in [2.75, 3.05) is 26.7 Å². The molecule has 1 aliphatic heterocycles. The van der Waals surface area contributed by atoms with Crippen LogP contribution in [0.3, 0.4) is 0 Å². The fourth-order valence-electron chi connectivity index (χ4n) is 1.88. The number of likely N-dealkylation sites (tertiary alicyclic amines) is 1. The van der Waals surface area contributed by atoms with E-state index in [1.165, 1.54) is 55.6 Å². The lowest BCUT2D eigenvalue weighted by Crippen LogP contribution is -2.41. The molecule has 0 radical (unpaired) electrons. The monoisotopic (exact) mass is 194 g/mol. The largest absolute Gasteiger partial charge is 0.422 e. The van der Waals surface area contributed by atoms with Crippen LogP contribution in [0, 0.1) is 11.5 Å². The van der Waals surface area contributed by atoms with Crippen LogP contribution in [-0.4, -0.2) is 37.2 Å². The summed E-state index contributed by atoms with van der Waals surface area (Å²) in [7, 11) is 2.39. The van der Waals surface area contributed by atoms with Crippen LogP contribution in [0.4, 0.5) is 0 Å². The van der Waals surface area contributed by atoms with Crippen molar-refractivity contribution in [3.8, 4) is 6.19 Å². The fourth-order valence-corrected chi connectivity index (χ4v) is 1.88. The summed E-state index contributed by atoms with van der Waals surface area (Å²) in [4.78, 5) is 2.58. The summed E-state index contributed by atoms with van der Waals surface area (Å²) in [5.41, 5.74) is 0. The summed E-state index contributed by atoms with van der Waals surface area (Å²) in [6.07, 6.45) is 5.53. The number of quaternary nitrogens is 1. The van der Waals surface area contributed by atoms with Gasteiger partial charge in [0.25, 0.3) is 0 Å². The first kappa shape index (κ1) is 12.8. The van der Waals surface area contributed by atoms with E-state index in [0.29, 0.717) is 0 Å². The van der Waals surface area contributed by atoms with E-state index in [9.17, 15) is 0 Å².